The Morgan fingerprint density at radius 1 is 1.30 bits per heavy atom. The zero-order valence-corrected chi connectivity index (χ0v) is 11.3. The summed E-state index contributed by atoms with van der Waals surface area (Å²) >= 11 is 5.62. The SMILES string of the molecule is Nc1ccc(OCCC(=O)Nc2ccnc(Cl)n2)cc1. The number of nitrogens with zero attached hydrogens (tertiary/aromatic N) is 2. The lowest BCUT2D eigenvalue weighted by molar-refractivity contribution is -0.116. The molecule has 0 radical (unpaired) electrons. The van der Waals surface area contributed by atoms with Crippen molar-refractivity contribution in [2.45, 2.75) is 6.42 Å². The summed E-state index contributed by atoms with van der Waals surface area (Å²) in [5, 5.41) is 2.69. The average Bonchev–Trinajstić information content (AvgIpc) is 2.41. The average molecular weight is 293 g/mol. The molecule has 0 unspecified atom stereocenters. The predicted molar refractivity (Wildman–Crippen MR) is 76.6 cm³/mol. The van der Waals surface area contributed by atoms with Gasteiger partial charge >= 0.3 is 0 Å². The molecule has 0 bridgehead atoms. The molecule has 0 aliphatic carbocycles. The Morgan fingerprint density at radius 3 is 2.75 bits per heavy atom. The van der Waals surface area contributed by atoms with Crippen molar-refractivity contribution in [1.82, 2.24) is 9.97 Å². The van der Waals surface area contributed by atoms with Gasteiger partial charge in [-0.25, -0.2) is 9.97 Å². The highest BCUT2D eigenvalue weighted by Crippen LogP contribution is 2.13. The van der Waals surface area contributed by atoms with Crippen LogP contribution in [0.5, 0.6) is 5.75 Å². The molecule has 104 valence electrons. The molecule has 1 heterocycles. The van der Waals surface area contributed by atoms with Crippen molar-refractivity contribution in [3.63, 3.8) is 0 Å². The molecule has 0 aliphatic heterocycles. The molecular formula is C13H13ClN4O2. The van der Waals surface area contributed by atoms with E-state index in [9.17, 15) is 4.79 Å². The Morgan fingerprint density at radius 2 is 2.05 bits per heavy atom. The summed E-state index contributed by atoms with van der Waals surface area (Å²) < 4.78 is 5.42. The third-order valence-corrected chi connectivity index (χ3v) is 2.55. The Labute approximate surface area is 120 Å². The number of ether oxygens (including phenoxy) is 1. The van der Waals surface area contributed by atoms with Gasteiger partial charge in [0.05, 0.1) is 13.0 Å². The Bertz CT molecular complexity index is 589. The van der Waals surface area contributed by atoms with Crippen LogP contribution < -0.4 is 15.8 Å². The molecule has 7 heteroatoms. The third kappa shape index (κ3) is 4.40. The number of anilines is 2. The molecule has 1 amide bonds. The van der Waals surface area contributed by atoms with Gasteiger partial charge in [-0.05, 0) is 41.9 Å². The van der Waals surface area contributed by atoms with Crippen LogP contribution in [0.3, 0.4) is 0 Å². The molecular weight excluding hydrogens is 280 g/mol. The molecule has 2 aromatic rings. The second-order valence-electron chi connectivity index (χ2n) is 3.93. The van der Waals surface area contributed by atoms with Crippen LogP contribution in [-0.2, 0) is 4.79 Å². The standard InChI is InChI=1S/C13H13ClN4O2/c14-13-16-7-5-11(18-13)17-12(19)6-8-20-10-3-1-9(15)2-4-10/h1-5,7H,6,8,15H2,(H,16,17,18,19). The van der Waals surface area contributed by atoms with E-state index >= 15 is 0 Å². The van der Waals surface area contributed by atoms with E-state index in [1.807, 2.05) is 0 Å². The normalized spacial score (nSPS) is 10.1. The number of nitrogens with two attached hydrogens (primary N) is 1. The van der Waals surface area contributed by atoms with Gasteiger partial charge < -0.3 is 15.8 Å². The van der Waals surface area contributed by atoms with Crippen molar-refractivity contribution in [3.05, 3.63) is 41.8 Å². The van der Waals surface area contributed by atoms with Crippen molar-refractivity contribution in [3.8, 4) is 5.75 Å². The molecule has 0 saturated heterocycles. The summed E-state index contributed by atoms with van der Waals surface area (Å²) in [7, 11) is 0. The zero-order chi connectivity index (χ0) is 14.4. The summed E-state index contributed by atoms with van der Waals surface area (Å²) in [6.45, 7) is 0.258. The quantitative estimate of drug-likeness (QED) is 0.651. The molecule has 0 aliphatic rings. The number of amides is 1. The first-order valence-electron chi connectivity index (χ1n) is 5.90. The van der Waals surface area contributed by atoms with Crippen molar-refractivity contribution in [2.75, 3.05) is 17.7 Å². The highest BCUT2D eigenvalue weighted by atomic mass is 35.5. The van der Waals surface area contributed by atoms with Crippen LogP contribution in [0.1, 0.15) is 6.42 Å². The van der Waals surface area contributed by atoms with Crippen molar-refractivity contribution >= 4 is 29.0 Å². The van der Waals surface area contributed by atoms with E-state index in [2.05, 4.69) is 15.3 Å². The number of hydrogen-bond donors (Lipinski definition) is 2. The van der Waals surface area contributed by atoms with Gasteiger partial charge in [-0.2, -0.15) is 0 Å². The van der Waals surface area contributed by atoms with Gasteiger partial charge in [-0.3, -0.25) is 4.79 Å². The molecule has 1 aromatic heterocycles. The molecule has 0 atom stereocenters. The molecule has 0 saturated carbocycles. The zero-order valence-electron chi connectivity index (χ0n) is 10.5. The maximum atomic E-state index is 11.7. The highest BCUT2D eigenvalue weighted by molar-refractivity contribution is 6.28. The number of carbonyl (C=O) groups is 1. The fourth-order valence-corrected chi connectivity index (χ4v) is 1.58. The number of nitrogen functional groups attached to an aromatic ring is 1. The summed E-state index contributed by atoms with van der Waals surface area (Å²) in [5.74, 6) is 0.815. The van der Waals surface area contributed by atoms with E-state index in [0.717, 1.165) is 0 Å². The highest BCUT2D eigenvalue weighted by Gasteiger charge is 2.04. The summed E-state index contributed by atoms with van der Waals surface area (Å²) in [5.41, 5.74) is 6.22. The fraction of sp³-hybridized carbons (Fsp3) is 0.154. The molecule has 3 N–H and O–H groups in total. The number of halogens is 1. The molecule has 1 aromatic carbocycles. The van der Waals surface area contributed by atoms with E-state index in [1.54, 1.807) is 30.3 Å². The van der Waals surface area contributed by atoms with Crippen LogP contribution in [0, 0.1) is 0 Å². The van der Waals surface area contributed by atoms with Gasteiger partial charge in [0.2, 0.25) is 11.2 Å². The maximum Gasteiger partial charge on any atom is 0.228 e. The van der Waals surface area contributed by atoms with Crippen LogP contribution in [0.2, 0.25) is 5.28 Å². The monoisotopic (exact) mass is 292 g/mol. The lowest BCUT2D eigenvalue weighted by Gasteiger charge is -2.07. The number of aromatic nitrogens is 2. The van der Waals surface area contributed by atoms with Crippen LogP contribution in [0.4, 0.5) is 11.5 Å². The van der Waals surface area contributed by atoms with Gasteiger partial charge in [-0.15, -0.1) is 0 Å². The van der Waals surface area contributed by atoms with E-state index < -0.39 is 0 Å². The minimum Gasteiger partial charge on any atom is -0.493 e. The minimum atomic E-state index is -0.213. The van der Waals surface area contributed by atoms with Crippen LogP contribution in [0.15, 0.2) is 36.5 Å². The number of nitrogens with one attached hydrogen (secondary N) is 1. The lowest BCUT2D eigenvalue weighted by Crippen LogP contribution is -2.16. The Hall–Kier alpha value is -2.34. The molecule has 0 fully saturated rings. The van der Waals surface area contributed by atoms with Gasteiger partial charge in [0, 0.05) is 11.9 Å². The van der Waals surface area contributed by atoms with E-state index in [1.165, 1.54) is 6.20 Å². The molecule has 20 heavy (non-hydrogen) atoms. The maximum absolute atomic E-state index is 11.7. The fourth-order valence-electron chi connectivity index (χ4n) is 1.44. The smallest absolute Gasteiger partial charge is 0.228 e. The van der Waals surface area contributed by atoms with Crippen LogP contribution >= 0.6 is 11.6 Å². The van der Waals surface area contributed by atoms with Crippen molar-refractivity contribution in [1.29, 1.82) is 0 Å². The van der Waals surface area contributed by atoms with Gasteiger partial charge in [0.1, 0.15) is 11.6 Å². The van der Waals surface area contributed by atoms with Gasteiger partial charge in [-0.1, -0.05) is 0 Å². The van der Waals surface area contributed by atoms with E-state index in [0.29, 0.717) is 17.3 Å². The predicted octanol–water partition coefficient (Wildman–Crippen LogP) is 2.12. The van der Waals surface area contributed by atoms with Crippen molar-refractivity contribution in [2.24, 2.45) is 0 Å². The number of rotatable bonds is 5. The molecule has 6 nitrogen and oxygen atoms in total. The second-order valence-corrected chi connectivity index (χ2v) is 4.26. The van der Waals surface area contributed by atoms with E-state index in [4.69, 9.17) is 22.1 Å². The molecule has 2 rings (SSSR count). The first-order valence-corrected chi connectivity index (χ1v) is 6.28. The van der Waals surface area contributed by atoms with Gasteiger partial charge in [0.15, 0.2) is 0 Å². The largest absolute Gasteiger partial charge is 0.493 e. The number of hydrogen-bond acceptors (Lipinski definition) is 5. The number of benzene rings is 1. The summed E-state index contributed by atoms with van der Waals surface area (Å²) in [6.07, 6.45) is 1.67. The van der Waals surface area contributed by atoms with Gasteiger partial charge in [0.25, 0.3) is 0 Å². The topological polar surface area (TPSA) is 90.1 Å². The first-order chi connectivity index (χ1) is 9.63. The second kappa shape index (κ2) is 6.72. The van der Waals surface area contributed by atoms with Crippen LogP contribution in [-0.4, -0.2) is 22.5 Å². The summed E-state index contributed by atoms with van der Waals surface area (Å²) in [6, 6.07) is 8.52. The Kier molecular flexibility index (Phi) is 4.73. The minimum absolute atomic E-state index is 0.0842. The van der Waals surface area contributed by atoms with Crippen LogP contribution in [0.25, 0.3) is 0 Å². The van der Waals surface area contributed by atoms with Crippen molar-refractivity contribution < 1.29 is 9.53 Å². The lowest BCUT2D eigenvalue weighted by atomic mass is 10.3. The number of carbonyl (C=O) groups excluding carboxylic acids is 1. The Balaban J connectivity index is 1.76. The van der Waals surface area contributed by atoms with E-state index in [-0.39, 0.29) is 24.2 Å². The third-order valence-electron chi connectivity index (χ3n) is 2.37. The first kappa shape index (κ1) is 14.1. The summed E-state index contributed by atoms with van der Waals surface area (Å²) in [4.78, 5) is 19.2. The molecule has 0 spiro atoms.